The molecule has 1 unspecified atom stereocenters. The van der Waals surface area contributed by atoms with Gasteiger partial charge in [0, 0.05) is 12.8 Å². The van der Waals surface area contributed by atoms with Crippen molar-refractivity contribution in [2.24, 2.45) is 0 Å². The first-order chi connectivity index (χ1) is 8.43. The van der Waals surface area contributed by atoms with Crippen molar-refractivity contribution in [3.8, 4) is 0 Å². The third-order valence-electron chi connectivity index (χ3n) is 2.39. The molecule has 0 radical (unpaired) electrons. The molecule has 5 nitrogen and oxygen atoms in total. The Morgan fingerprint density at radius 2 is 2.00 bits per heavy atom. The highest BCUT2D eigenvalue weighted by atomic mass is 16.5. The molecule has 0 aliphatic carbocycles. The van der Waals surface area contributed by atoms with Gasteiger partial charge in [-0.2, -0.15) is 0 Å². The summed E-state index contributed by atoms with van der Waals surface area (Å²) in [5, 5.41) is 15.1. The van der Waals surface area contributed by atoms with Gasteiger partial charge in [-0.1, -0.05) is 17.7 Å². The number of aryl methyl sites for hydroxylation is 1. The summed E-state index contributed by atoms with van der Waals surface area (Å²) in [7, 11) is 1.50. The number of carbonyl (C=O) groups excluding carboxylic acids is 1. The highest BCUT2D eigenvalue weighted by Gasteiger charge is 2.20. The first-order valence-electron chi connectivity index (χ1n) is 5.76. The summed E-state index contributed by atoms with van der Waals surface area (Å²) in [5.41, 5.74) is 0.771. The number of carbonyl (C=O) groups is 1. The monoisotopic (exact) mass is 252 g/mol. The predicted octanol–water partition coefficient (Wildman–Crippen LogP) is 1.51. The van der Waals surface area contributed by atoms with Crippen LogP contribution in [0.25, 0.3) is 0 Å². The van der Waals surface area contributed by atoms with E-state index in [-0.39, 0.29) is 19.2 Å². The zero-order valence-corrected chi connectivity index (χ0v) is 11.0. The summed E-state index contributed by atoms with van der Waals surface area (Å²) in [6.07, 6.45) is 0. The second-order valence-electron chi connectivity index (χ2n) is 4.60. The molecule has 0 aliphatic heterocycles. The molecule has 0 saturated carbocycles. The van der Waals surface area contributed by atoms with E-state index in [9.17, 15) is 9.90 Å². The van der Waals surface area contributed by atoms with Crippen LogP contribution in [0.1, 0.15) is 12.5 Å². The number of nitrogens with one attached hydrogen (secondary N) is 2. The van der Waals surface area contributed by atoms with Gasteiger partial charge < -0.3 is 20.5 Å². The number of benzene rings is 1. The highest BCUT2D eigenvalue weighted by molar-refractivity contribution is 5.89. The van der Waals surface area contributed by atoms with E-state index in [1.807, 2.05) is 31.2 Å². The maximum atomic E-state index is 11.6. The minimum Gasteiger partial charge on any atom is -0.386 e. The van der Waals surface area contributed by atoms with E-state index in [1.54, 1.807) is 6.92 Å². The average molecular weight is 252 g/mol. The number of ether oxygens (including phenoxy) is 1. The Morgan fingerprint density at radius 3 is 2.56 bits per heavy atom. The first-order valence-corrected chi connectivity index (χ1v) is 5.76. The molecule has 0 saturated heterocycles. The summed E-state index contributed by atoms with van der Waals surface area (Å²) in [5.74, 6) is 0. The number of aliphatic hydroxyl groups is 1. The van der Waals surface area contributed by atoms with E-state index in [4.69, 9.17) is 4.74 Å². The van der Waals surface area contributed by atoms with E-state index in [0.29, 0.717) is 5.69 Å². The third-order valence-corrected chi connectivity index (χ3v) is 2.39. The van der Waals surface area contributed by atoms with Gasteiger partial charge in [0.25, 0.3) is 0 Å². The topological polar surface area (TPSA) is 70.6 Å². The van der Waals surface area contributed by atoms with E-state index < -0.39 is 5.60 Å². The van der Waals surface area contributed by atoms with Crippen LogP contribution in [0.15, 0.2) is 24.3 Å². The van der Waals surface area contributed by atoms with E-state index in [0.717, 1.165) is 5.56 Å². The smallest absolute Gasteiger partial charge is 0.319 e. The van der Waals surface area contributed by atoms with Gasteiger partial charge in [-0.25, -0.2) is 4.79 Å². The van der Waals surface area contributed by atoms with Gasteiger partial charge in [-0.15, -0.1) is 0 Å². The van der Waals surface area contributed by atoms with Gasteiger partial charge in [0.2, 0.25) is 0 Å². The summed E-state index contributed by atoms with van der Waals surface area (Å²) >= 11 is 0. The fourth-order valence-electron chi connectivity index (χ4n) is 1.44. The second-order valence-corrected chi connectivity index (χ2v) is 4.60. The molecule has 2 amide bonds. The standard InChI is InChI=1S/C13H20N2O3/c1-10-4-6-11(7-5-10)15-12(16)14-8-13(2,17)9-18-3/h4-7,17H,8-9H2,1-3H3,(H2,14,15,16). The Labute approximate surface area is 107 Å². The lowest BCUT2D eigenvalue weighted by atomic mass is 10.1. The number of methoxy groups -OCH3 is 1. The molecule has 0 fully saturated rings. The number of hydrogen-bond acceptors (Lipinski definition) is 3. The van der Waals surface area contributed by atoms with Crippen LogP contribution < -0.4 is 10.6 Å². The van der Waals surface area contributed by atoms with Crippen molar-refractivity contribution in [3.63, 3.8) is 0 Å². The minimum atomic E-state index is -1.07. The fourth-order valence-corrected chi connectivity index (χ4v) is 1.44. The first kappa shape index (κ1) is 14.5. The lowest BCUT2D eigenvalue weighted by molar-refractivity contribution is -0.0133. The number of amides is 2. The molecule has 1 atom stereocenters. The predicted molar refractivity (Wildman–Crippen MR) is 70.7 cm³/mol. The van der Waals surface area contributed by atoms with Gasteiger partial charge >= 0.3 is 6.03 Å². The third kappa shape index (κ3) is 5.16. The summed E-state index contributed by atoms with van der Waals surface area (Å²) in [6, 6.07) is 7.12. The normalized spacial score (nSPS) is 13.8. The van der Waals surface area contributed by atoms with Crippen molar-refractivity contribution in [1.82, 2.24) is 5.32 Å². The van der Waals surface area contributed by atoms with Crippen LogP contribution in [0.3, 0.4) is 0 Å². The van der Waals surface area contributed by atoms with Crippen LogP contribution in [0.5, 0.6) is 0 Å². The molecular weight excluding hydrogens is 232 g/mol. The number of anilines is 1. The molecule has 18 heavy (non-hydrogen) atoms. The molecule has 3 N–H and O–H groups in total. The largest absolute Gasteiger partial charge is 0.386 e. The molecule has 1 rings (SSSR count). The van der Waals surface area contributed by atoms with Gasteiger partial charge in [0.1, 0.15) is 5.60 Å². The molecule has 0 aromatic heterocycles. The van der Waals surface area contributed by atoms with Crippen LogP contribution in [-0.2, 0) is 4.74 Å². The van der Waals surface area contributed by atoms with Gasteiger partial charge in [-0.3, -0.25) is 0 Å². The van der Waals surface area contributed by atoms with Gasteiger partial charge in [0.15, 0.2) is 0 Å². The fraction of sp³-hybridized carbons (Fsp3) is 0.462. The zero-order chi connectivity index (χ0) is 13.6. The molecule has 0 spiro atoms. The maximum absolute atomic E-state index is 11.6. The van der Waals surface area contributed by atoms with Crippen LogP contribution >= 0.6 is 0 Å². The average Bonchev–Trinajstić information content (AvgIpc) is 2.30. The Bertz CT molecular complexity index is 388. The minimum absolute atomic E-state index is 0.124. The summed E-state index contributed by atoms with van der Waals surface area (Å²) < 4.78 is 4.85. The van der Waals surface area contributed by atoms with Crippen LogP contribution in [-0.4, -0.2) is 37.0 Å². The zero-order valence-electron chi connectivity index (χ0n) is 11.0. The summed E-state index contributed by atoms with van der Waals surface area (Å²) in [4.78, 5) is 11.6. The van der Waals surface area contributed by atoms with Gasteiger partial charge in [0.05, 0.1) is 13.2 Å². The van der Waals surface area contributed by atoms with Crippen molar-refractivity contribution in [1.29, 1.82) is 0 Å². The molecule has 5 heteroatoms. The molecular formula is C13H20N2O3. The molecule has 0 bridgehead atoms. The van der Waals surface area contributed by atoms with Crippen molar-refractivity contribution in [2.75, 3.05) is 25.6 Å². The van der Waals surface area contributed by atoms with Crippen LogP contribution in [0.4, 0.5) is 10.5 Å². The Kier molecular flexibility index (Phi) is 5.12. The van der Waals surface area contributed by atoms with Crippen molar-refractivity contribution >= 4 is 11.7 Å². The number of hydrogen-bond donors (Lipinski definition) is 3. The molecule has 0 heterocycles. The maximum Gasteiger partial charge on any atom is 0.319 e. The van der Waals surface area contributed by atoms with E-state index >= 15 is 0 Å². The second kappa shape index (κ2) is 6.37. The van der Waals surface area contributed by atoms with E-state index in [1.165, 1.54) is 7.11 Å². The SMILES string of the molecule is COCC(C)(O)CNC(=O)Nc1ccc(C)cc1. The number of rotatable bonds is 5. The van der Waals surface area contributed by atoms with Crippen molar-refractivity contribution in [2.45, 2.75) is 19.4 Å². The quantitative estimate of drug-likeness (QED) is 0.744. The Hall–Kier alpha value is -1.59. The Balaban J connectivity index is 2.40. The van der Waals surface area contributed by atoms with Crippen LogP contribution in [0, 0.1) is 6.92 Å². The highest BCUT2D eigenvalue weighted by Crippen LogP contribution is 2.08. The summed E-state index contributed by atoms with van der Waals surface area (Å²) in [6.45, 7) is 3.87. The van der Waals surface area contributed by atoms with Crippen molar-refractivity contribution in [3.05, 3.63) is 29.8 Å². The van der Waals surface area contributed by atoms with Crippen molar-refractivity contribution < 1.29 is 14.6 Å². The Morgan fingerprint density at radius 1 is 1.39 bits per heavy atom. The number of urea groups is 1. The van der Waals surface area contributed by atoms with E-state index in [2.05, 4.69) is 10.6 Å². The van der Waals surface area contributed by atoms with Crippen LogP contribution in [0.2, 0.25) is 0 Å². The lowest BCUT2D eigenvalue weighted by Crippen LogP contribution is -2.45. The molecule has 1 aromatic carbocycles. The lowest BCUT2D eigenvalue weighted by Gasteiger charge is -2.22. The van der Waals surface area contributed by atoms with Gasteiger partial charge in [-0.05, 0) is 26.0 Å². The molecule has 100 valence electrons. The molecule has 0 aliphatic rings. The molecule has 1 aromatic rings.